The highest BCUT2D eigenvalue weighted by atomic mass is 32.1. The van der Waals surface area contributed by atoms with E-state index in [0.29, 0.717) is 24.5 Å². The summed E-state index contributed by atoms with van der Waals surface area (Å²) < 4.78 is 0. The second-order valence-electron chi connectivity index (χ2n) is 5.89. The van der Waals surface area contributed by atoms with Gasteiger partial charge in [0.15, 0.2) is 5.13 Å². The van der Waals surface area contributed by atoms with E-state index < -0.39 is 0 Å². The Morgan fingerprint density at radius 2 is 2.12 bits per heavy atom. The van der Waals surface area contributed by atoms with Crippen LogP contribution in [0.3, 0.4) is 0 Å². The van der Waals surface area contributed by atoms with E-state index >= 15 is 0 Å². The third kappa shape index (κ3) is 4.90. The number of nitrogens with one attached hydrogen (secondary N) is 1. The number of rotatable bonds is 7. The summed E-state index contributed by atoms with van der Waals surface area (Å²) in [5.74, 6) is 0.0664. The highest BCUT2D eigenvalue weighted by Gasteiger charge is 2.14. The van der Waals surface area contributed by atoms with Crippen LogP contribution in [0, 0.1) is 6.92 Å². The standard InChI is InChI=1S/C19H21N3OS2/c1-13-4-2-5-14(12-13)9-10-21-17(23)8-7-16-18(22-19(20)25-16)15-6-3-11-24-15/h2-6,11-12H,7-10H2,1H3,(H2,20,22)(H,21,23). The fourth-order valence-corrected chi connectivity index (χ4v) is 4.33. The number of benzene rings is 1. The van der Waals surface area contributed by atoms with Gasteiger partial charge in [0.05, 0.1) is 10.6 Å². The van der Waals surface area contributed by atoms with Gasteiger partial charge in [-0.3, -0.25) is 4.79 Å². The van der Waals surface area contributed by atoms with Crippen LogP contribution < -0.4 is 11.1 Å². The van der Waals surface area contributed by atoms with Gasteiger partial charge in [-0.2, -0.15) is 0 Å². The van der Waals surface area contributed by atoms with E-state index in [0.717, 1.165) is 21.9 Å². The summed E-state index contributed by atoms with van der Waals surface area (Å²) in [6.07, 6.45) is 1.97. The number of hydrogen-bond acceptors (Lipinski definition) is 5. The van der Waals surface area contributed by atoms with Crippen LogP contribution in [0.25, 0.3) is 10.6 Å². The summed E-state index contributed by atoms with van der Waals surface area (Å²) >= 11 is 3.11. The molecule has 3 aromatic rings. The minimum Gasteiger partial charge on any atom is -0.375 e. The van der Waals surface area contributed by atoms with E-state index in [1.165, 1.54) is 22.5 Å². The van der Waals surface area contributed by atoms with Crippen molar-refractivity contribution in [1.82, 2.24) is 10.3 Å². The van der Waals surface area contributed by atoms with Crippen LogP contribution in [0.5, 0.6) is 0 Å². The molecule has 2 heterocycles. The second kappa shape index (κ2) is 8.27. The molecule has 3 rings (SSSR count). The van der Waals surface area contributed by atoms with Gasteiger partial charge in [-0.25, -0.2) is 4.98 Å². The van der Waals surface area contributed by atoms with Crippen LogP contribution in [0.1, 0.15) is 22.4 Å². The second-order valence-corrected chi connectivity index (χ2v) is 7.95. The number of nitrogens with two attached hydrogens (primary N) is 1. The number of amides is 1. The van der Waals surface area contributed by atoms with Gasteiger partial charge in [-0.1, -0.05) is 35.9 Å². The molecule has 0 aliphatic rings. The number of carbonyl (C=O) groups excluding carboxylic acids is 1. The van der Waals surface area contributed by atoms with E-state index in [1.807, 2.05) is 23.6 Å². The molecule has 6 heteroatoms. The molecule has 4 nitrogen and oxygen atoms in total. The summed E-state index contributed by atoms with van der Waals surface area (Å²) in [5.41, 5.74) is 9.27. The molecule has 0 bridgehead atoms. The van der Waals surface area contributed by atoms with E-state index in [9.17, 15) is 4.79 Å². The maximum Gasteiger partial charge on any atom is 0.220 e. The first kappa shape index (κ1) is 17.6. The third-order valence-corrected chi connectivity index (χ3v) is 5.69. The molecule has 0 atom stereocenters. The molecule has 0 radical (unpaired) electrons. The summed E-state index contributed by atoms with van der Waals surface area (Å²) in [7, 11) is 0. The first-order valence-electron chi connectivity index (χ1n) is 8.23. The Morgan fingerprint density at radius 1 is 1.24 bits per heavy atom. The number of nitrogen functional groups attached to an aromatic ring is 1. The van der Waals surface area contributed by atoms with Crippen LogP contribution in [-0.4, -0.2) is 17.4 Å². The van der Waals surface area contributed by atoms with E-state index in [2.05, 4.69) is 35.4 Å². The quantitative estimate of drug-likeness (QED) is 0.658. The maximum atomic E-state index is 12.1. The molecule has 0 saturated carbocycles. The highest BCUT2D eigenvalue weighted by Crippen LogP contribution is 2.33. The van der Waals surface area contributed by atoms with Crippen LogP contribution in [0.2, 0.25) is 0 Å². The lowest BCUT2D eigenvalue weighted by molar-refractivity contribution is -0.121. The third-order valence-electron chi connectivity index (χ3n) is 3.87. The Morgan fingerprint density at radius 3 is 2.88 bits per heavy atom. The molecule has 0 unspecified atom stereocenters. The van der Waals surface area contributed by atoms with Crippen molar-refractivity contribution in [2.24, 2.45) is 0 Å². The lowest BCUT2D eigenvalue weighted by Crippen LogP contribution is -2.25. The van der Waals surface area contributed by atoms with Crippen molar-refractivity contribution in [2.75, 3.05) is 12.3 Å². The van der Waals surface area contributed by atoms with Gasteiger partial charge in [-0.05, 0) is 36.8 Å². The molecule has 130 valence electrons. The molecule has 0 aliphatic carbocycles. The predicted molar refractivity (Wildman–Crippen MR) is 106 cm³/mol. The Hall–Kier alpha value is -2.18. The molecule has 1 aromatic carbocycles. The largest absolute Gasteiger partial charge is 0.375 e. The Balaban J connectivity index is 1.50. The number of aromatic nitrogens is 1. The predicted octanol–water partition coefficient (Wildman–Crippen LogP) is 4.05. The van der Waals surface area contributed by atoms with Crippen LogP contribution in [0.15, 0.2) is 41.8 Å². The zero-order valence-corrected chi connectivity index (χ0v) is 15.8. The highest BCUT2D eigenvalue weighted by molar-refractivity contribution is 7.17. The van der Waals surface area contributed by atoms with Crippen LogP contribution >= 0.6 is 22.7 Å². The van der Waals surface area contributed by atoms with E-state index in [4.69, 9.17) is 5.73 Å². The summed E-state index contributed by atoms with van der Waals surface area (Å²) in [6.45, 7) is 2.74. The van der Waals surface area contributed by atoms with Crippen LogP contribution in [0.4, 0.5) is 5.13 Å². The van der Waals surface area contributed by atoms with Crippen molar-refractivity contribution in [1.29, 1.82) is 0 Å². The average Bonchev–Trinajstić information content (AvgIpc) is 3.22. The fourth-order valence-electron chi connectivity index (χ4n) is 2.67. The van der Waals surface area contributed by atoms with Gasteiger partial charge in [0.1, 0.15) is 0 Å². The average molecular weight is 372 g/mol. The van der Waals surface area contributed by atoms with Crippen molar-refractivity contribution in [3.8, 4) is 10.6 Å². The summed E-state index contributed by atoms with van der Waals surface area (Å²) in [5, 5.41) is 5.57. The van der Waals surface area contributed by atoms with Crippen LogP contribution in [-0.2, 0) is 17.6 Å². The Kier molecular flexibility index (Phi) is 5.83. The number of thiophene rings is 1. The number of thiazole rings is 1. The molecule has 25 heavy (non-hydrogen) atoms. The monoisotopic (exact) mass is 371 g/mol. The summed E-state index contributed by atoms with van der Waals surface area (Å²) in [6, 6.07) is 12.4. The molecule has 2 aromatic heterocycles. The number of carbonyl (C=O) groups is 1. The van der Waals surface area contributed by atoms with Crippen molar-refractivity contribution in [2.45, 2.75) is 26.2 Å². The first-order chi connectivity index (χ1) is 12.1. The summed E-state index contributed by atoms with van der Waals surface area (Å²) in [4.78, 5) is 18.7. The minimum atomic E-state index is 0.0664. The molecule has 0 fully saturated rings. The van der Waals surface area contributed by atoms with Gasteiger partial charge in [-0.15, -0.1) is 22.7 Å². The van der Waals surface area contributed by atoms with E-state index in [-0.39, 0.29) is 5.91 Å². The van der Waals surface area contributed by atoms with Crippen molar-refractivity contribution >= 4 is 33.7 Å². The van der Waals surface area contributed by atoms with Gasteiger partial charge >= 0.3 is 0 Å². The van der Waals surface area contributed by atoms with E-state index in [1.54, 1.807) is 11.3 Å². The lowest BCUT2D eigenvalue weighted by atomic mass is 10.1. The minimum absolute atomic E-state index is 0.0664. The smallest absolute Gasteiger partial charge is 0.220 e. The Bertz CT molecular complexity index is 840. The number of hydrogen-bond donors (Lipinski definition) is 2. The van der Waals surface area contributed by atoms with Gasteiger partial charge in [0.25, 0.3) is 0 Å². The molecule has 0 spiro atoms. The fraction of sp³-hybridized carbons (Fsp3) is 0.263. The number of aryl methyl sites for hydroxylation is 2. The lowest BCUT2D eigenvalue weighted by Gasteiger charge is -2.06. The molecule has 0 aliphatic heterocycles. The first-order valence-corrected chi connectivity index (χ1v) is 9.93. The molecular weight excluding hydrogens is 350 g/mol. The zero-order valence-electron chi connectivity index (χ0n) is 14.1. The Labute approximate surface area is 155 Å². The SMILES string of the molecule is Cc1cccc(CCNC(=O)CCc2sc(N)nc2-c2cccs2)c1. The van der Waals surface area contributed by atoms with Crippen molar-refractivity contribution in [3.05, 3.63) is 57.8 Å². The topological polar surface area (TPSA) is 68.0 Å². The van der Waals surface area contributed by atoms with Crippen molar-refractivity contribution < 1.29 is 4.79 Å². The molecule has 0 saturated heterocycles. The zero-order chi connectivity index (χ0) is 17.6. The van der Waals surface area contributed by atoms with Gasteiger partial charge < -0.3 is 11.1 Å². The molecule has 3 N–H and O–H groups in total. The molecule has 1 amide bonds. The number of anilines is 1. The molecular formula is C19H21N3OS2. The van der Waals surface area contributed by atoms with Crippen molar-refractivity contribution in [3.63, 3.8) is 0 Å². The van der Waals surface area contributed by atoms with Gasteiger partial charge in [0, 0.05) is 17.8 Å². The van der Waals surface area contributed by atoms with Gasteiger partial charge in [0.2, 0.25) is 5.91 Å². The maximum absolute atomic E-state index is 12.1. The normalized spacial score (nSPS) is 10.8. The number of nitrogens with zero attached hydrogens (tertiary/aromatic N) is 1.